The van der Waals surface area contributed by atoms with E-state index in [9.17, 15) is 0 Å². The van der Waals surface area contributed by atoms with E-state index in [0.29, 0.717) is 5.92 Å². The first-order valence-electron chi connectivity index (χ1n) is 7.71. The maximum Gasteiger partial charge on any atom is -0.0219 e. The van der Waals surface area contributed by atoms with E-state index in [2.05, 4.69) is 83.1 Å². The van der Waals surface area contributed by atoms with Crippen molar-refractivity contribution in [2.45, 2.75) is 53.4 Å². The van der Waals surface area contributed by atoms with E-state index in [4.69, 9.17) is 0 Å². The lowest BCUT2D eigenvalue weighted by molar-refractivity contribution is 0.866. The van der Waals surface area contributed by atoms with Gasteiger partial charge in [0.2, 0.25) is 0 Å². The quantitative estimate of drug-likeness (QED) is 0.647. The van der Waals surface area contributed by atoms with Crippen LogP contribution >= 0.6 is 0 Å². The van der Waals surface area contributed by atoms with Crippen molar-refractivity contribution in [3.63, 3.8) is 0 Å². The molecule has 2 aromatic rings. The Kier molecular flexibility index (Phi) is 7.08. The molecule has 0 radical (unpaired) electrons. The monoisotopic (exact) mass is 268 g/mol. The number of benzene rings is 2. The van der Waals surface area contributed by atoms with Crippen molar-refractivity contribution < 1.29 is 0 Å². The third-order valence-electron chi connectivity index (χ3n) is 3.55. The van der Waals surface area contributed by atoms with E-state index < -0.39 is 0 Å². The molecule has 0 heterocycles. The first kappa shape index (κ1) is 16.5. The second-order valence-electron chi connectivity index (χ2n) is 5.59. The van der Waals surface area contributed by atoms with Crippen LogP contribution in [0, 0.1) is 6.92 Å². The number of rotatable bonds is 3. The van der Waals surface area contributed by atoms with Gasteiger partial charge in [-0.1, -0.05) is 81.8 Å². The third-order valence-corrected chi connectivity index (χ3v) is 3.55. The molecule has 2 aromatic carbocycles. The van der Waals surface area contributed by atoms with Crippen molar-refractivity contribution in [1.29, 1.82) is 0 Å². The van der Waals surface area contributed by atoms with Gasteiger partial charge >= 0.3 is 0 Å². The van der Waals surface area contributed by atoms with E-state index in [1.54, 1.807) is 0 Å². The van der Waals surface area contributed by atoms with Crippen molar-refractivity contribution in [1.82, 2.24) is 0 Å². The molecule has 0 aliphatic heterocycles. The van der Waals surface area contributed by atoms with Crippen LogP contribution in [0.25, 0.3) is 0 Å². The van der Waals surface area contributed by atoms with Gasteiger partial charge in [-0.25, -0.2) is 0 Å². The van der Waals surface area contributed by atoms with E-state index in [-0.39, 0.29) is 0 Å². The Morgan fingerprint density at radius 3 is 1.70 bits per heavy atom. The predicted molar refractivity (Wildman–Crippen MR) is 90.5 cm³/mol. The topological polar surface area (TPSA) is 0 Å². The Morgan fingerprint density at radius 1 is 0.800 bits per heavy atom. The summed E-state index contributed by atoms with van der Waals surface area (Å²) in [5.41, 5.74) is 5.65. The molecule has 0 bridgehead atoms. The average molecular weight is 268 g/mol. The highest BCUT2D eigenvalue weighted by Crippen LogP contribution is 2.13. The molecule has 0 atom stereocenters. The molecule has 108 valence electrons. The van der Waals surface area contributed by atoms with Gasteiger partial charge in [-0.05, 0) is 42.4 Å². The lowest BCUT2D eigenvalue weighted by Gasteiger charge is -2.03. The summed E-state index contributed by atoms with van der Waals surface area (Å²) in [4.78, 5) is 0. The fraction of sp³-hybridized carbons (Fsp3) is 0.400. The SMILES string of the molecule is CCc1cccc(CC)c1.Cc1ccc(C(C)C)cc1. The van der Waals surface area contributed by atoms with Crippen molar-refractivity contribution in [2.75, 3.05) is 0 Å². The van der Waals surface area contributed by atoms with Gasteiger partial charge in [0.1, 0.15) is 0 Å². The van der Waals surface area contributed by atoms with Gasteiger partial charge < -0.3 is 0 Å². The van der Waals surface area contributed by atoms with Gasteiger partial charge in [0, 0.05) is 0 Å². The summed E-state index contributed by atoms with van der Waals surface area (Å²) in [5, 5.41) is 0. The summed E-state index contributed by atoms with van der Waals surface area (Å²) in [7, 11) is 0. The van der Waals surface area contributed by atoms with Gasteiger partial charge in [-0.2, -0.15) is 0 Å². The summed E-state index contributed by atoms with van der Waals surface area (Å²) >= 11 is 0. The maximum atomic E-state index is 2.28. The summed E-state index contributed by atoms with van der Waals surface area (Å²) in [6.07, 6.45) is 2.29. The minimum Gasteiger partial charge on any atom is -0.0617 e. The minimum atomic E-state index is 0.653. The molecule has 0 unspecified atom stereocenters. The van der Waals surface area contributed by atoms with Crippen molar-refractivity contribution >= 4 is 0 Å². The van der Waals surface area contributed by atoms with Gasteiger partial charge in [0.25, 0.3) is 0 Å². The molecule has 0 aliphatic rings. The predicted octanol–water partition coefficient (Wildman–Crippen LogP) is 5.93. The largest absolute Gasteiger partial charge is 0.0617 e. The molecule has 0 saturated heterocycles. The smallest absolute Gasteiger partial charge is 0.0219 e. The van der Waals surface area contributed by atoms with Crippen LogP contribution < -0.4 is 0 Å². The highest BCUT2D eigenvalue weighted by molar-refractivity contribution is 5.24. The maximum absolute atomic E-state index is 2.28. The fourth-order valence-electron chi connectivity index (χ4n) is 2.02. The highest BCUT2D eigenvalue weighted by Gasteiger charge is 1.95. The average Bonchev–Trinajstić information content (AvgIpc) is 2.48. The first-order valence-corrected chi connectivity index (χ1v) is 7.71. The fourth-order valence-corrected chi connectivity index (χ4v) is 2.02. The summed E-state index contributed by atoms with van der Waals surface area (Å²) in [6.45, 7) is 10.9. The van der Waals surface area contributed by atoms with Crippen LogP contribution in [0.3, 0.4) is 0 Å². The third kappa shape index (κ3) is 5.61. The standard InChI is InChI=1S/2C10H14/c1-8(2)10-6-4-9(3)5-7-10;1-3-9-6-5-7-10(4-2)8-9/h4-8H,1-3H3;5-8H,3-4H2,1-2H3. The molecular formula is C20H28. The molecule has 0 amide bonds. The summed E-state index contributed by atoms with van der Waals surface area (Å²) in [6, 6.07) is 17.5. The molecule has 0 nitrogen and oxygen atoms in total. The first-order chi connectivity index (χ1) is 9.56. The molecule has 20 heavy (non-hydrogen) atoms. The summed E-state index contributed by atoms with van der Waals surface area (Å²) < 4.78 is 0. The molecule has 0 heteroatoms. The highest BCUT2D eigenvalue weighted by atomic mass is 14.0. The Bertz CT molecular complexity index is 472. The number of aryl methyl sites for hydroxylation is 3. The minimum absolute atomic E-state index is 0.653. The lowest BCUT2D eigenvalue weighted by Crippen LogP contribution is -1.85. The van der Waals surface area contributed by atoms with Gasteiger partial charge in [-0.3, -0.25) is 0 Å². The molecule has 0 N–H and O–H groups in total. The molecule has 0 fully saturated rings. The molecule has 0 saturated carbocycles. The summed E-state index contributed by atoms with van der Waals surface area (Å²) in [5.74, 6) is 0.653. The number of hydrogen-bond acceptors (Lipinski definition) is 0. The van der Waals surface area contributed by atoms with E-state index in [0.717, 1.165) is 12.8 Å². The van der Waals surface area contributed by atoms with Gasteiger partial charge in [0.05, 0.1) is 0 Å². The van der Waals surface area contributed by atoms with E-state index >= 15 is 0 Å². The lowest BCUT2D eigenvalue weighted by atomic mass is 10.0. The Balaban J connectivity index is 0.000000200. The van der Waals surface area contributed by atoms with Crippen LogP contribution in [-0.2, 0) is 12.8 Å². The molecule has 0 aromatic heterocycles. The zero-order chi connectivity index (χ0) is 15.0. The second kappa shape index (κ2) is 8.58. The van der Waals surface area contributed by atoms with Gasteiger partial charge in [-0.15, -0.1) is 0 Å². The molecule has 0 aliphatic carbocycles. The Labute approximate surface area is 124 Å². The molecule has 2 rings (SSSR count). The van der Waals surface area contributed by atoms with Crippen LogP contribution in [0.1, 0.15) is 55.9 Å². The van der Waals surface area contributed by atoms with Crippen molar-refractivity contribution in [3.05, 3.63) is 70.8 Å². The van der Waals surface area contributed by atoms with E-state index in [1.165, 1.54) is 22.3 Å². The second-order valence-corrected chi connectivity index (χ2v) is 5.59. The van der Waals surface area contributed by atoms with Crippen LogP contribution in [0.4, 0.5) is 0 Å². The van der Waals surface area contributed by atoms with E-state index in [1.807, 2.05) is 0 Å². The zero-order valence-electron chi connectivity index (χ0n) is 13.6. The van der Waals surface area contributed by atoms with Crippen LogP contribution in [0.15, 0.2) is 48.5 Å². The van der Waals surface area contributed by atoms with Crippen molar-refractivity contribution in [2.24, 2.45) is 0 Å². The molecular weight excluding hydrogens is 240 g/mol. The zero-order valence-corrected chi connectivity index (χ0v) is 13.6. The Morgan fingerprint density at radius 2 is 1.30 bits per heavy atom. The van der Waals surface area contributed by atoms with Crippen LogP contribution in [0.5, 0.6) is 0 Å². The normalized spacial score (nSPS) is 10.1. The molecule has 0 spiro atoms. The van der Waals surface area contributed by atoms with Crippen LogP contribution in [-0.4, -0.2) is 0 Å². The number of hydrogen-bond donors (Lipinski definition) is 0. The Hall–Kier alpha value is -1.56. The van der Waals surface area contributed by atoms with Crippen molar-refractivity contribution in [3.8, 4) is 0 Å². The van der Waals surface area contributed by atoms with Gasteiger partial charge in [0.15, 0.2) is 0 Å². The van der Waals surface area contributed by atoms with Crippen LogP contribution in [0.2, 0.25) is 0 Å².